The van der Waals surface area contributed by atoms with Gasteiger partial charge in [-0.3, -0.25) is 0 Å². The first-order valence-corrected chi connectivity index (χ1v) is 10.9. The van der Waals surface area contributed by atoms with Crippen LogP contribution in [0.3, 0.4) is 0 Å². The predicted molar refractivity (Wildman–Crippen MR) is 117 cm³/mol. The summed E-state index contributed by atoms with van der Waals surface area (Å²) in [5.74, 6) is 3.12. The number of pyridine rings is 1. The number of guanidine groups is 1. The van der Waals surface area contributed by atoms with Crippen molar-refractivity contribution in [2.24, 2.45) is 4.99 Å². The summed E-state index contributed by atoms with van der Waals surface area (Å²) in [7, 11) is 0. The van der Waals surface area contributed by atoms with Crippen LogP contribution in [0.5, 0.6) is 0 Å². The summed E-state index contributed by atoms with van der Waals surface area (Å²) in [6, 6.07) is 6.24. The molecule has 0 unspecified atom stereocenters. The van der Waals surface area contributed by atoms with E-state index in [4.69, 9.17) is 9.52 Å². The van der Waals surface area contributed by atoms with Crippen LogP contribution in [-0.2, 0) is 13.1 Å². The minimum absolute atomic E-state index is 0.464. The average molecular weight is 399 g/mol. The number of hydrogen-bond acceptors (Lipinski definition) is 5. The molecule has 29 heavy (non-hydrogen) atoms. The van der Waals surface area contributed by atoms with E-state index in [1.807, 2.05) is 12.3 Å². The number of nitrogens with zero attached hydrogens (tertiary/aromatic N) is 4. The van der Waals surface area contributed by atoms with E-state index in [1.54, 1.807) is 0 Å². The lowest BCUT2D eigenvalue weighted by Crippen LogP contribution is -2.36. The summed E-state index contributed by atoms with van der Waals surface area (Å²) in [5.41, 5.74) is 2.20. The molecule has 2 aromatic rings. The Morgan fingerprint density at radius 1 is 1.17 bits per heavy atom. The van der Waals surface area contributed by atoms with Gasteiger partial charge in [-0.25, -0.2) is 9.98 Å². The Morgan fingerprint density at radius 3 is 2.69 bits per heavy atom. The van der Waals surface area contributed by atoms with Crippen molar-refractivity contribution in [3.05, 3.63) is 41.4 Å². The maximum atomic E-state index is 5.50. The van der Waals surface area contributed by atoms with Crippen molar-refractivity contribution in [1.29, 1.82) is 0 Å². The smallest absolute Gasteiger partial charge is 0.191 e. The highest BCUT2D eigenvalue weighted by atomic mass is 16.5. The summed E-state index contributed by atoms with van der Waals surface area (Å²) in [4.78, 5) is 11.6. The fourth-order valence-corrected chi connectivity index (χ4v) is 3.67. The van der Waals surface area contributed by atoms with Crippen molar-refractivity contribution in [3.63, 3.8) is 0 Å². The monoisotopic (exact) mass is 398 g/mol. The van der Waals surface area contributed by atoms with E-state index in [2.05, 4.69) is 58.6 Å². The van der Waals surface area contributed by atoms with Crippen LogP contribution in [-0.4, -0.2) is 35.7 Å². The lowest BCUT2D eigenvalue weighted by Gasteiger charge is -2.16. The zero-order valence-electron chi connectivity index (χ0n) is 17.9. The van der Waals surface area contributed by atoms with E-state index in [1.165, 1.54) is 12.8 Å². The van der Waals surface area contributed by atoms with Crippen LogP contribution in [0.15, 0.2) is 33.9 Å². The second-order valence-electron chi connectivity index (χ2n) is 7.50. The van der Waals surface area contributed by atoms with E-state index >= 15 is 0 Å². The quantitative estimate of drug-likeness (QED) is 0.494. The van der Waals surface area contributed by atoms with E-state index in [0.29, 0.717) is 19.0 Å². The molecule has 3 heterocycles. The summed E-state index contributed by atoms with van der Waals surface area (Å²) >= 11 is 0. The largest absolute Gasteiger partial charge is 0.359 e. The molecule has 0 saturated carbocycles. The van der Waals surface area contributed by atoms with Gasteiger partial charge >= 0.3 is 0 Å². The molecule has 0 amide bonds. The Morgan fingerprint density at radius 2 is 1.97 bits per heavy atom. The second kappa shape index (κ2) is 10.8. The minimum Gasteiger partial charge on any atom is -0.359 e. The molecule has 7 nitrogen and oxygen atoms in total. The highest BCUT2D eigenvalue weighted by Gasteiger charge is 2.14. The first kappa shape index (κ1) is 21.1. The molecule has 158 valence electrons. The van der Waals surface area contributed by atoms with Crippen molar-refractivity contribution >= 4 is 11.8 Å². The topological polar surface area (TPSA) is 78.6 Å². The molecule has 0 atom stereocenters. The number of rotatable bonds is 9. The van der Waals surface area contributed by atoms with Crippen molar-refractivity contribution in [2.45, 2.75) is 65.5 Å². The highest BCUT2D eigenvalue weighted by Crippen LogP contribution is 2.22. The maximum absolute atomic E-state index is 5.50. The van der Waals surface area contributed by atoms with Gasteiger partial charge in [0.2, 0.25) is 0 Å². The molecule has 3 rings (SSSR count). The van der Waals surface area contributed by atoms with Gasteiger partial charge in [-0.1, -0.05) is 19.0 Å². The highest BCUT2D eigenvalue weighted by molar-refractivity contribution is 5.79. The van der Waals surface area contributed by atoms with Crippen molar-refractivity contribution in [2.75, 3.05) is 24.5 Å². The fourth-order valence-electron chi connectivity index (χ4n) is 3.67. The Balaban J connectivity index is 1.59. The summed E-state index contributed by atoms with van der Waals surface area (Å²) < 4.78 is 5.50. The van der Waals surface area contributed by atoms with Gasteiger partial charge in [0.1, 0.15) is 5.82 Å². The Bertz CT molecular complexity index is 777. The molecule has 2 N–H and O–H groups in total. The maximum Gasteiger partial charge on any atom is 0.191 e. The van der Waals surface area contributed by atoms with Gasteiger partial charge in [0.15, 0.2) is 11.7 Å². The number of aliphatic imine (C=N–C) groups is 1. The van der Waals surface area contributed by atoms with Gasteiger partial charge in [-0.05, 0) is 50.3 Å². The third-order valence-corrected chi connectivity index (χ3v) is 5.42. The number of aromatic nitrogens is 2. The zero-order chi connectivity index (χ0) is 20.5. The Hall–Kier alpha value is -2.57. The van der Waals surface area contributed by atoms with Gasteiger partial charge in [0.25, 0.3) is 0 Å². The summed E-state index contributed by atoms with van der Waals surface area (Å²) in [6.45, 7) is 10.6. The molecule has 0 spiro atoms. The SMILES string of the molecule is CCNC(=NCc1ccnc(N2CCCC2)c1)NCc1cc(C(CC)CC)no1. The average Bonchev–Trinajstić information content (AvgIpc) is 3.44. The second-order valence-corrected chi connectivity index (χ2v) is 7.50. The molecule has 1 saturated heterocycles. The fraction of sp³-hybridized carbons (Fsp3) is 0.591. The Labute approximate surface area is 174 Å². The lowest BCUT2D eigenvalue weighted by atomic mass is 9.99. The van der Waals surface area contributed by atoms with Crippen molar-refractivity contribution in [3.8, 4) is 0 Å². The van der Waals surface area contributed by atoms with Crippen LogP contribution in [0.25, 0.3) is 0 Å². The van der Waals surface area contributed by atoms with Gasteiger partial charge in [-0.2, -0.15) is 0 Å². The molecule has 0 radical (unpaired) electrons. The van der Waals surface area contributed by atoms with Gasteiger partial charge in [-0.15, -0.1) is 0 Å². The molecular formula is C22H34N6O. The van der Waals surface area contributed by atoms with E-state index in [0.717, 1.165) is 61.3 Å². The number of hydrogen-bond donors (Lipinski definition) is 2. The van der Waals surface area contributed by atoms with Crippen LogP contribution in [0.2, 0.25) is 0 Å². The van der Waals surface area contributed by atoms with Crippen LogP contribution >= 0.6 is 0 Å². The van der Waals surface area contributed by atoms with E-state index in [-0.39, 0.29) is 0 Å². The molecular weight excluding hydrogens is 364 g/mol. The molecule has 7 heteroatoms. The van der Waals surface area contributed by atoms with E-state index < -0.39 is 0 Å². The predicted octanol–water partition coefficient (Wildman–Crippen LogP) is 3.83. The van der Waals surface area contributed by atoms with Gasteiger partial charge < -0.3 is 20.1 Å². The van der Waals surface area contributed by atoms with Crippen molar-refractivity contribution in [1.82, 2.24) is 20.8 Å². The number of anilines is 1. The summed E-state index contributed by atoms with van der Waals surface area (Å²) in [6.07, 6.45) is 6.53. The lowest BCUT2D eigenvalue weighted by molar-refractivity contribution is 0.368. The minimum atomic E-state index is 0.464. The van der Waals surface area contributed by atoms with E-state index in [9.17, 15) is 0 Å². The molecule has 1 fully saturated rings. The molecule has 0 aromatic carbocycles. The number of nitrogens with one attached hydrogen (secondary N) is 2. The standard InChI is InChI=1S/C22H34N6O/c1-4-18(5-2)20-14-19(29-27-20)16-26-22(23-6-3)25-15-17-9-10-24-21(13-17)28-11-7-8-12-28/h9-10,13-14,18H,4-8,11-12,15-16H2,1-3H3,(H2,23,25,26). The zero-order valence-corrected chi connectivity index (χ0v) is 17.9. The molecule has 1 aliphatic heterocycles. The van der Waals surface area contributed by atoms with Crippen LogP contribution < -0.4 is 15.5 Å². The molecule has 0 bridgehead atoms. The third kappa shape index (κ3) is 5.95. The normalized spacial score (nSPS) is 14.6. The first-order chi connectivity index (χ1) is 14.2. The Kier molecular flexibility index (Phi) is 7.90. The van der Waals surface area contributed by atoms with Gasteiger partial charge in [0, 0.05) is 37.8 Å². The molecule has 2 aromatic heterocycles. The van der Waals surface area contributed by atoms with Crippen LogP contribution in [0, 0.1) is 0 Å². The first-order valence-electron chi connectivity index (χ1n) is 10.9. The van der Waals surface area contributed by atoms with Crippen LogP contribution in [0.1, 0.15) is 69.4 Å². The van der Waals surface area contributed by atoms with Crippen molar-refractivity contribution < 1.29 is 4.52 Å². The third-order valence-electron chi connectivity index (χ3n) is 5.42. The molecule has 1 aliphatic rings. The van der Waals surface area contributed by atoms with Crippen LogP contribution in [0.4, 0.5) is 5.82 Å². The summed E-state index contributed by atoms with van der Waals surface area (Å²) in [5, 5.41) is 10.9. The van der Waals surface area contributed by atoms with Gasteiger partial charge in [0.05, 0.1) is 18.8 Å². The molecule has 0 aliphatic carbocycles.